The summed E-state index contributed by atoms with van der Waals surface area (Å²) in [7, 11) is 2.49. The summed E-state index contributed by atoms with van der Waals surface area (Å²) in [5, 5.41) is 0. The van der Waals surface area contributed by atoms with Crippen molar-refractivity contribution >= 4 is 50.8 Å². The molecule has 1 atom stereocenters. The van der Waals surface area contributed by atoms with Gasteiger partial charge in [0.25, 0.3) is 0 Å². The van der Waals surface area contributed by atoms with Gasteiger partial charge in [0.15, 0.2) is 0 Å². The summed E-state index contributed by atoms with van der Waals surface area (Å²) in [5.74, 6) is -1.42. The van der Waals surface area contributed by atoms with Crippen LogP contribution in [0.25, 0.3) is 0 Å². The van der Waals surface area contributed by atoms with Gasteiger partial charge in [-0.25, -0.2) is 0 Å². The van der Waals surface area contributed by atoms with Crippen molar-refractivity contribution in [1.82, 2.24) is 0 Å². The zero-order valence-electron chi connectivity index (χ0n) is 14.8. The summed E-state index contributed by atoms with van der Waals surface area (Å²) in [6.45, 7) is 0. The van der Waals surface area contributed by atoms with Gasteiger partial charge in [-0.15, -0.1) is 0 Å². The van der Waals surface area contributed by atoms with Crippen LogP contribution in [-0.2, 0) is 19.1 Å². The Labute approximate surface area is 171 Å². The molecular formula is C20H18BrNO4S. The highest BCUT2D eigenvalue weighted by atomic mass is 79.9. The van der Waals surface area contributed by atoms with Crippen LogP contribution in [0.1, 0.15) is 18.0 Å². The second-order valence-electron chi connectivity index (χ2n) is 6.17. The molecule has 0 bridgehead atoms. The minimum atomic E-state index is -1.66. The maximum Gasteiger partial charge on any atom is 0.330 e. The van der Waals surface area contributed by atoms with Gasteiger partial charge < -0.3 is 14.4 Å². The number of halogens is 1. The topological polar surface area (TPSA) is 55.8 Å². The minimum Gasteiger partial charge on any atom is -0.468 e. The Morgan fingerprint density at radius 3 is 2.11 bits per heavy atom. The second kappa shape index (κ2) is 7.78. The van der Waals surface area contributed by atoms with Crippen molar-refractivity contribution in [2.75, 3.05) is 19.1 Å². The Morgan fingerprint density at radius 1 is 1.04 bits per heavy atom. The van der Waals surface area contributed by atoms with Crippen molar-refractivity contribution in [3.63, 3.8) is 0 Å². The van der Waals surface area contributed by atoms with Gasteiger partial charge in [-0.2, -0.15) is 0 Å². The largest absolute Gasteiger partial charge is 0.468 e. The number of carbonyl (C=O) groups is 2. The number of nitrogens with zero attached hydrogens (tertiary/aromatic N) is 1. The third-order valence-corrected chi connectivity index (χ3v) is 5.83. The lowest BCUT2D eigenvalue weighted by atomic mass is 9.84. The highest BCUT2D eigenvalue weighted by Crippen LogP contribution is 2.48. The molecule has 1 fully saturated rings. The van der Waals surface area contributed by atoms with E-state index in [9.17, 15) is 9.59 Å². The van der Waals surface area contributed by atoms with Gasteiger partial charge in [-0.3, -0.25) is 9.59 Å². The van der Waals surface area contributed by atoms with Gasteiger partial charge >= 0.3 is 11.9 Å². The monoisotopic (exact) mass is 447 g/mol. The summed E-state index contributed by atoms with van der Waals surface area (Å²) in [4.78, 5) is 27.4. The lowest BCUT2D eigenvalue weighted by Crippen LogP contribution is -2.47. The average Bonchev–Trinajstić information content (AvgIpc) is 3.02. The Hall–Kier alpha value is -2.25. The number of thiocarbonyl (C=S) groups is 1. The summed E-state index contributed by atoms with van der Waals surface area (Å²) in [6.07, 6.45) is 0.144. The molecule has 0 aromatic heterocycles. The zero-order valence-corrected chi connectivity index (χ0v) is 17.2. The fourth-order valence-corrected chi connectivity index (χ4v) is 4.18. The molecule has 0 amide bonds. The van der Waals surface area contributed by atoms with E-state index in [1.807, 2.05) is 59.5 Å². The lowest BCUT2D eigenvalue weighted by molar-refractivity contribution is -0.163. The molecular weight excluding hydrogens is 430 g/mol. The van der Waals surface area contributed by atoms with Gasteiger partial charge in [0.1, 0.15) is 4.99 Å². The number of ether oxygens (including phenoxy) is 2. The number of hydrogen-bond donors (Lipinski definition) is 0. The van der Waals surface area contributed by atoms with Crippen molar-refractivity contribution in [2.24, 2.45) is 5.41 Å². The number of hydrogen-bond acceptors (Lipinski definition) is 5. The fraction of sp³-hybridized carbons (Fsp3) is 0.250. The summed E-state index contributed by atoms with van der Waals surface area (Å²) in [6, 6.07) is 16.9. The van der Waals surface area contributed by atoms with Gasteiger partial charge in [0.05, 0.1) is 20.3 Å². The van der Waals surface area contributed by atoms with Crippen molar-refractivity contribution in [3.8, 4) is 0 Å². The molecule has 1 unspecified atom stereocenters. The van der Waals surface area contributed by atoms with Crippen molar-refractivity contribution in [2.45, 2.75) is 12.5 Å². The first kappa shape index (κ1) is 19.5. The Kier molecular flexibility index (Phi) is 5.62. The van der Waals surface area contributed by atoms with E-state index in [0.29, 0.717) is 0 Å². The van der Waals surface area contributed by atoms with Crippen LogP contribution in [0.2, 0.25) is 0 Å². The van der Waals surface area contributed by atoms with Crippen LogP contribution in [0, 0.1) is 5.41 Å². The molecule has 0 spiro atoms. The van der Waals surface area contributed by atoms with Gasteiger partial charge in [0.2, 0.25) is 5.41 Å². The molecule has 3 rings (SSSR count). The van der Waals surface area contributed by atoms with E-state index in [1.54, 1.807) is 0 Å². The first-order chi connectivity index (χ1) is 13.0. The van der Waals surface area contributed by atoms with Crippen LogP contribution in [-0.4, -0.2) is 31.1 Å². The number of benzene rings is 2. The lowest BCUT2D eigenvalue weighted by Gasteiger charge is -2.28. The minimum absolute atomic E-state index is 0.144. The van der Waals surface area contributed by atoms with E-state index in [4.69, 9.17) is 21.7 Å². The predicted octanol–water partition coefficient (Wildman–Crippen LogP) is 4.06. The number of rotatable bonds is 4. The molecule has 0 N–H and O–H groups in total. The fourth-order valence-electron chi connectivity index (χ4n) is 3.43. The molecule has 5 nitrogen and oxygen atoms in total. The van der Waals surface area contributed by atoms with Crippen LogP contribution in [0.5, 0.6) is 0 Å². The zero-order chi connectivity index (χ0) is 19.6. The first-order valence-electron chi connectivity index (χ1n) is 8.26. The van der Waals surface area contributed by atoms with Gasteiger partial charge in [-0.05, 0) is 29.8 Å². The predicted molar refractivity (Wildman–Crippen MR) is 109 cm³/mol. The molecule has 1 aliphatic heterocycles. The average molecular weight is 448 g/mol. The molecule has 1 heterocycles. The molecule has 140 valence electrons. The van der Waals surface area contributed by atoms with Crippen LogP contribution >= 0.6 is 28.1 Å². The van der Waals surface area contributed by atoms with Crippen molar-refractivity contribution in [1.29, 1.82) is 0 Å². The van der Waals surface area contributed by atoms with E-state index in [-0.39, 0.29) is 17.5 Å². The van der Waals surface area contributed by atoms with E-state index < -0.39 is 17.4 Å². The van der Waals surface area contributed by atoms with Gasteiger partial charge in [-0.1, -0.05) is 58.5 Å². The Balaban J connectivity index is 2.18. The third-order valence-electron chi connectivity index (χ3n) is 4.75. The first-order valence-corrected chi connectivity index (χ1v) is 9.47. The standard InChI is InChI=1S/C20H18BrNO4S/c1-25-18(23)20(19(24)26-2)12-16(13-6-4-3-5-7-13)22(17(20)27)15-10-8-14(21)9-11-15/h3-11,16H,12H2,1-2H3. The smallest absolute Gasteiger partial charge is 0.330 e. The van der Waals surface area contributed by atoms with E-state index in [2.05, 4.69) is 15.9 Å². The summed E-state index contributed by atoms with van der Waals surface area (Å²) < 4.78 is 10.8. The number of esters is 2. The van der Waals surface area contributed by atoms with Crippen molar-refractivity contribution < 1.29 is 19.1 Å². The van der Waals surface area contributed by atoms with E-state index in [1.165, 1.54) is 14.2 Å². The van der Waals surface area contributed by atoms with Crippen LogP contribution < -0.4 is 4.90 Å². The number of methoxy groups -OCH3 is 2. The molecule has 0 saturated carbocycles. The highest BCUT2D eigenvalue weighted by molar-refractivity contribution is 9.10. The Morgan fingerprint density at radius 2 is 1.59 bits per heavy atom. The van der Waals surface area contributed by atoms with E-state index >= 15 is 0 Å². The van der Waals surface area contributed by atoms with E-state index in [0.717, 1.165) is 15.7 Å². The van der Waals surface area contributed by atoms with Gasteiger partial charge in [0, 0.05) is 16.6 Å². The molecule has 0 aliphatic carbocycles. The molecule has 2 aromatic rings. The van der Waals surface area contributed by atoms with Crippen molar-refractivity contribution in [3.05, 3.63) is 64.6 Å². The molecule has 0 radical (unpaired) electrons. The molecule has 7 heteroatoms. The maximum absolute atomic E-state index is 12.7. The maximum atomic E-state index is 12.7. The highest BCUT2D eigenvalue weighted by Gasteiger charge is 2.61. The van der Waals surface area contributed by atoms with Crippen LogP contribution in [0.3, 0.4) is 0 Å². The second-order valence-corrected chi connectivity index (χ2v) is 7.47. The Bertz CT molecular complexity index is 853. The number of carbonyl (C=O) groups excluding carboxylic acids is 2. The molecule has 1 saturated heterocycles. The number of anilines is 1. The quantitative estimate of drug-likeness (QED) is 0.400. The molecule has 2 aromatic carbocycles. The normalized spacial score (nSPS) is 18.3. The summed E-state index contributed by atoms with van der Waals surface area (Å²) >= 11 is 9.08. The molecule has 1 aliphatic rings. The van der Waals surface area contributed by atoms with Crippen LogP contribution in [0.15, 0.2) is 59.1 Å². The summed E-state index contributed by atoms with van der Waals surface area (Å²) in [5.41, 5.74) is 0.0658. The van der Waals surface area contributed by atoms with Crippen LogP contribution in [0.4, 0.5) is 5.69 Å². The third kappa shape index (κ3) is 3.26. The SMILES string of the molecule is COC(=O)C1(C(=O)OC)CC(c2ccccc2)N(c2ccc(Br)cc2)C1=S. The molecule has 27 heavy (non-hydrogen) atoms.